The van der Waals surface area contributed by atoms with Crippen LogP contribution in [0.5, 0.6) is 11.6 Å². The Kier molecular flexibility index (Phi) is 3.61. The summed E-state index contributed by atoms with van der Waals surface area (Å²) in [6, 6.07) is 8.57. The number of benzene rings is 1. The highest BCUT2D eigenvalue weighted by Gasteiger charge is 2.07. The highest BCUT2D eigenvalue weighted by Crippen LogP contribution is 2.23. The van der Waals surface area contributed by atoms with Crippen LogP contribution in [0.15, 0.2) is 36.4 Å². The molecule has 0 aliphatic heterocycles. The number of pyridine rings is 1. The maximum absolute atomic E-state index is 13.1. The monoisotopic (exact) mass is 261 g/mol. The lowest BCUT2D eigenvalue weighted by molar-refractivity contribution is 0.0957. The van der Waals surface area contributed by atoms with Crippen LogP contribution in [0.3, 0.4) is 0 Å². The van der Waals surface area contributed by atoms with E-state index in [-0.39, 0.29) is 28.9 Å². The van der Waals surface area contributed by atoms with E-state index in [1.807, 2.05) is 0 Å². The zero-order chi connectivity index (χ0) is 13.8. The maximum atomic E-state index is 13.1. The van der Waals surface area contributed by atoms with E-state index in [1.54, 1.807) is 18.2 Å². The van der Waals surface area contributed by atoms with Gasteiger partial charge in [-0.15, -0.1) is 0 Å². The van der Waals surface area contributed by atoms with Crippen molar-refractivity contribution in [1.29, 1.82) is 0 Å². The van der Waals surface area contributed by atoms with Crippen LogP contribution in [-0.2, 0) is 0 Å². The topological polar surface area (TPSA) is 77.2 Å². The smallest absolute Gasteiger partial charge is 0.269 e. The maximum Gasteiger partial charge on any atom is 0.269 e. The van der Waals surface area contributed by atoms with Gasteiger partial charge >= 0.3 is 0 Å². The average molecular weight is 261 g/mol. The first kappa shape index (κ1) is 12.8. The quantitative estimate of drug-likeness (QED) is 0.828. The number of anilines is 1. The molecule has 0 unspecified atom stereocenters. The predicted octanol–water partition coefficient (Wildman–Crippen LogP) is 1.95. The van der Waals surface area contributed by atoms with Crippen LogP contribution in [-0.4, -0.2) is 17.9 Å². The molecule has 0 radical (unpaired) electrons. The van der Waals surface area contributed by atoms with Crippen LogP contribution in [0, 0.1) is 5.82 Å². The molecule has 0 fully saturated rings. The Labute approximate surface area is 109 Å². The first-order chi connectivity index (χ1) is 9.08. The number of nitrogens with one attached hydrogen (secondary N) is 1. The number of aromatic nitrogens is 1. The van der Waals surface area contributed by atoms with Gasteiger partial charge in [-0.3, -0.25) is 4.79 Å². The second-order valence-corrected chi connectivity index (χ2v) is 3.76. The van der Waals surface area contributed by atoms with E-state index in [4.69, 9.17) is 10.5 Å². The number of nitrogens with two attached hydrogens (primary N) is 1. The lowest BCUT2D eigenvalue weighted by atomic mass is 10.3. The fourth-order valence-corrected chi connectivity index (χ4v) is 1.49. The van der Waals surface area contributed by atoms with Gasteiger partial charge in [0.15, 0.2) is 0 Å². The Morgan fingerprint density at radius 2 is 2.16 bits per heavy atom. The Morgan fingerprint density at radius 3 is 2.84 bits per heavy atom. The van der Waals surface area contributed by atoms with E-state index >= 15 is 0 Å². The van der Waals surface area contributed by atoms with Gasteiger partial charge in [-0.2, -0.15) is 0 Å². The van der Waals surface area contributed by atoms with Crippen LogP contribution in [0.1, 0.15) is 10.5 Å². The Morgan fingerprint density at radius 1 is 1.37 bits per heavy atom. The third-order valence-corrected chi connectivity index (χ3v) is 2.30. The normalized spacial score (nSPS) is 10.0. The number of hydrogen-bond donors (Lipinski definition) is 2. The summed E-state index contributed by atoms with van der Waals surface area (Å²) in [7, 11) is 1.50. The van der Waals surface area contributed by atoms with E-state index in [9.17, 15) is 9.18 Å². The zero-order valence-corrected chi connectivity index (χ0v) is 10.2. The summed E-state index contributed by atoms with van der Waals surface area (Å²) >= 11 is 0. The van der Waals surface area contributed by atoms with Crippen LogP contribution >= 0.6 is 0 Å². The third kappa shape index (κ3) is 3.19. The van der Waals surface area contributed by atoms with Gasteiger partial charge < -0.3 is 15.8 Å². The number of nitrogen functional groups attached to an aromatic ring is 1. The lowest BCUT2D eigenvalue weighted by Crippen LogP contribution is -2.19. The first-order valence-electron chi connectivity index (χ1n) is 5.51. The van der Waals surface area contributed by atoms with Gasteiger partial charge in [0, 0.05) is 30.9 Å². The molecule has 5 nitrogen and oxygen atoms in total. The van der Waals surface area contributed by atoms with Gasteiger partial charge in [0.1, 0.15) is 17.3 Å². The van der Waals surface area contributed by atoms with Crippen molar-refractivity contribution in [3.63, 3.8) is 0 Å². The van der Waals surface area contributed by atoms with E-state index in [0.29, 0.717) is 0 Å². The summed E-state index contributed by atoms with van der Waals surface area (Å²) < 4.78 is 18.5. The molecule has 0 atom stereocenters. The molecular weight excluding hydrogens is 249 g/mol. The number of amides is 1. The van der Waals surface area contributed by atoms with Crippen molar-refractivity contribution in [3.05, 3.63) is 47.9 Å². The van der Waals surface area contributed by atoms with Crippen molar-refractivity contribution in [2.24, 2.45) is 0 Å². The Bertz CT molecular complexity index is 596. The van der Waals surface area contributed by atoms with Crippen molar-refractivity contribution < 1.29 is 13.9 Å². The van der Waals surface area contributed by atoms with E-state index in [2.05, 4.69) is 10.3 Å². The highest BCUT2D eigenvalue weighted by molar-refractivity contribution is 5.92. The molecule has 0 aliphatic carbocycles. The van der Waals surface area contributed by atoms with Crippen molar-refractivity contribution >= 4 is 11.6 Å². The number of carbonyl (C=O) groups is 1. The van der Waals surface area contributed by atoms with Crippen LogP contribution in [0.2, 0.25) is 0 Å². The van der Waals surface area contributed by atoms with E-state index in [0.717, 1.165) is 0 Å². The largest absolute Gasteiger partial charge is 0.439 e. The zero-order valence-electron chi connectivity index (χ0n) is 10.2. The second-order valence-electron chi connectivity index (χ2n) is 3.76. The molecule has 98 valence electrons. The summed E-state index contributed by atoms with van der Waals surface area (Å²) in [6.45, 7) is 0. The molecule has 2 rings (SSSR count). The lowest BCUT2D eigenvalue weighted by Gasteiger charge is -2.07. The minimum atomic E-state index is -0.502. The van der Waals surface area contributed by atoms with Crippen molar-refractivity contribution in [2.75, 3.05) is 12.8 Å². The molecule has 3 N–H and O–H groups in total. The minimum absolute atomic E-state index is 0.186. The molecule has 0 spiro atoms. The molecule has 1 aromatic carbocycles. The van der Waals surface area contributed by atoms with Gasteiger partial charge in [-0.05, 0) is 12.1 Å². The molecule has 19 heavy (non-hydrogen) atoms. The summed E-state index contributed by atoms with van der Waals surface area (Å²) in [5.74, 6) is -0.424. The Hall–Kier alpha value is -2.63. The minimum Gasteiger partial charge on any atom is -0.439 e. The van der Waals surface area contributed by atoms with Gasteiger partial charge in [0.2, 0.25) is 5.88 Å². The van der Waals surface area contributed by atoms with E-state index < -0.39 is 5.82 Å². The highest BCUT2D eigenvalue weighted by atomic mass is 19.1. The Balaban J connectivity index is 2.25. The molecule has 1 amide bonds. The molecule has 2 aromatic rings. The molecular formula is C13H12FN3O2. The fraction of sp³-hybridized carbons (Fsp3) is 0.0769. The van der Waals surface area contributed by atoms with Crippen molar-refractivity contribution in [1.82, 2.24) is 10.3 Å². The average Bonchev–Trinajstić information content (AvgIpc) is 2.37. The molecule has 0 bridgehead atoms. The van der Waals surface area contributed by atoms with Gasteiger partial charge in [0.05, 0.1) is 0 Å². The molecule has 0 aliphatic rings. The number of nitrogens with zero attached hydrogens (tertiary/aromatic N) is 1. The third-order valence-electron chi connectivity index (χ3n) is 2.30. The van der Waals surface area contributed by atoms with Crippen molar-refractivity contribution in [3.8, 4) is 11.6 Å². The molecule has 6 heteroatoms. The summed E-state index contributed by atoms with van der Waals surface area (Å²) in [4.78, 5) is 15.4. The van der Waals surface area contributed by atoms with Crippen LogP contribution in [0.4, 0.5) is 10.1 Å². The standard InChI is InChI=1S/C13H12FN3O2/c1-16-13(18)11-3-2-4-12(17-11)19-10-6-8(14)5-9(15)7-10/h2-7H,15H2,1H3,(H,16,18). The summed E-state index contributed by atoms with van der Waals surface area (Å²) in [5.41, 5.74) is 5.97. The molecule has 1 aromatic heterocycles. The summed E-state index contributed by atoms with van der Waals surface area (Å²) in [6.07, 6.45) is 0. The van der Waals surface area contributed by atoms with Gasteiger partial charge in [0.25, 0.3) is 5.91 Å². The predicted molar refractivity (Wildman–Crippen MR) is 68.5 cm³/mol. The number of ether oxygens (including phenoxy) is 1. The molecule has 0 saturated carbocycles. The van der Waals surface area contributed by atoms with Gasteiger partial charge in [-0.1, -0.05) is 6.07 Å². The number of rotatable bonds is 3. The number of hydrogen-bond acceptors (Lipinski definition) is 4. The SMILES string of the molecule is CNC(=O)c1cccc(Oc2cc(N)cc(F)c2)n1. The van der Waals surface area contributed by atoms with Crippen LogP contribution in [0.25, 0.3) is 0 Å². The number of carbonyl (C=O) groups excluding carboxylic acids is 1. The first-order valence-corrected chi connectivity index (χ1v) is 5.51. The molecule has 1 heterocycles. The van der Waals surface area contributed by atoms with Gasteiger partial charge in [-0.25, -0.2) is 9.37 Å². The van der Waals surface area contributed by atoms with Crippen LogP contribution < -0.4 is 15.8 Å². The van der Waals surface area contributed by atoms with Crippen molar-refractivity contribution in [2.45, 2.75) is 0 Å². The fourth-order valence-electron chi connectivity index (χ4n) is 1.49. The second kappa shape index (κ2) is 5.34. The number of halogens is 1. The summed E-state index contributed by atoms with van der Waals surface area (Å²) in [5, 5.41) is 2.45. The van der Waals surface area contributed by atoms with E-state index in [1.165, 1.54) is 25.2 Å². The molecule has 0 saturated heterocycles.